The number of rotatable bonds is 7. The summed E-state index contributed by atoms with van der Waals surface area (Å²) >= 11 is 6.15. The van der Waals surface area contributed by atoms with E-state index in [4.69, 9.17) is 16.3 Å². The Hall–Kier alpha value is -1.65. The summed E-state index contributed by atoms with van der Waals surface area (Å²) in [5.74, 6) is 1.48. The molecule has 4 nitrogen and oxygen atoms in total. The lowest BCUT2D eigenvalue weighted by molar-refractivity contribution is 0.154. The van der Waals surface area contributed by atoms with Crippen LogP contribution in [-0.2, 0) is 4.74 Å². The Morgan fingerprint density at radius 3 is 2.57 bits per heavy atom. The van der Waals surface area contributed by atoms with Crippen molar-refractivity contribution in [2.45, 2.75) is 13.8 Å². The average Bonchev–Trinajstić information content (AvgIpc) is 2.52. The van der Waals surface area contributed by atoms with Gasteiger partial charge in [-0.15, -0.1) is 0 Å². The smallest absolute Gasteiger partial charge is 0.163 e. The first-order valence-corrected chi connectivity index (χ1v) is 7.55. The minimum Gasteiger partial charge on any atom is -0.380 e. The number of ether oxygens (including phenoxy) is 1. The Morgan fingerprint density at radius 2 is 1.90 bits per heavy atom. The third-order valence-electron chi connectivity index (χ3n) is 3.13. The molecule has 1 heterocycles. The molecule has 2 rings (SSSR count). The Kier molecular flexibility index (Phi) is 5.96. The summed E-state index contributed by atoms with van der Waals surface area (Å²) in [6.07, 6.45) is 0. The number of likely N-dealkylation sites (N-methyl/N-ethyl adjacent to an activating group) is 1. The van der Waals surface area contributed by atoms with Crippen molar-refractivity contribution < 1.29 is 4.74 Å². The van der Waals surface area contributed by atoms with Gasteiger partial charge in [-0.3, -0.25) is 0 Å². The summed E-state index contributed by atoms with van der Waals surface area (Å²) in [6.45, 7) is 7.10. The largest absolute Gasteiger partial charge is 0.380 e. The summed E-state index contributed by atoms with van der Waals surface area (Å²) in [4.78, 5) is 11.1. The summed E-state index contributed by atoms with van der Waals surface area (Å²) in [7, 11) is 0. The number of anilines is 1. The number of benzene rings is 1. The van der Waals surface area contributed by atoms with E-state index in [0.29, 0.717) is 17.6 Å². The fourth-order valence-corrected chi connectivity index (χ4v) is 2.22. The number of hydrogen-bond donors (Lipinski definition) is 0. The second kappa shape index (κ2) is 7.96. The second-order valence-electron chi connectivity index (χ2n) is 4.52. The fourth-order valence-electron chi connectivity index (χ4n) is 2.04. The van der Waals surface area contributed by atoms with Crippen molar-refractivity contribution in [2.75, 3.05) is 31.2 Å². The van der Waals surface area contributed by atoms with E-state index in [0.717, 1.165) is 31.1 Å². The van der Waals surface area contributed by atoms with Crippen molar-refractivity contribution in [3.8, 4) is 11.4 Å². The van der Waals surface area contributed by atoms with Crippen molar-refractivity contribution in [3.63, 3.8) is 0 Å². The van der Waals surface area contributed by atoms with Gasteiger partial charge in [0.1, 0.15) is 11.0 Å². The molecular formula is C16H20ClN3O. The Morgan fingerprint density at radius 1 is 1.14 bits per heavy atom. The topological polar surface area (TPSA) is 38.2 Å². The van der Waals surface area contributed by atoms with E-state index in [-0.39, 0.29) is 0 Å². The Labute approximate surface area is 130 Å². The van der Waals surface area contributed by atoms with Crippen LogP contribution < -0.4 is 4.90 Å². The molecular weight excluding hydrogens is 286 g/mol. The summed E-state index contributed by atoms with van der Waals surface area (Å²) in [5, 5.41) is 0.453. The zero-order chi connectivity index (χ0) is 15.1. The molecule has 0 aliphatic carbocycles. The lowest BCUT2D eigenvalue weighted by atomic mass is 10.2. The third-order valence-corrected chi connectivity index (χ3v) is 3.32. The van der Waals surface area contributed by atoms with E-state index >= 15 is 0 Å². The van der Waals surface area contributed by atoms with Gasteiger partial charge in [0.25, 0.3) is 0 Å². The molecule has 0 unspecified atom stereocenters. The predicted molar refractivity (Wildman–Crippen MR) is 86.9 cm³/mol. The Balaban J connectivity index is 2.25. The number of hydrogen-bond acceptors (Lipinski definition) is 4. The van der Waals surface area contributed by atoms with Crippen LogP contribution in [-0.4, -0.2) is 36.3 Å². The highest BCUT2D eigenvalue weighted by molar-refractivity contribution is 6.29. The van der Waals surface area contributed by atoms with Crippen LogP contribution in [0.25, 0.3) is 11.4 Å². The molecule has 1 aromatic heterocycles. The zero-order valence-corrected chi connectivity index (χ0v) is 13.2. The minimum absolute atomic E-state index is 0.453. The molecule has 0 atom stereocenters. The molecule has 21 heavy (non-hydrogen) atoms. The second-order valence-corrected chi connectivity index (χ2v) is 4.90. The van der Waals surface area contributed by atoms with E-state index in [1.165, 1.54) is 0 Å². The van der Waals surface area contributed by atoms with Crippen LogP contribution in [0.15, 0.2) is 36.4 Å². The van der Waals surface area contributed by atoms with Crippen LogP contribution in [0.2, 0.25) is 5.15 Å². The SMILES string of the molecule is CCOCCN(CC)c1cc(Cl)nc(-c2ccccc2)n1. The summed E-state index contributed by atoms with van der Waals surface area (Å²) in [6, 6.07) is 11.6. The average molecular weight is 306 g/mol. The number of nitrogens with zero attached hydrogens (tertiary/aromatic N) is 3. The molecule has 2 aromatic rings. The maximum atomic E-state index is 6.15. The third kappa shape index (κ3) is 4.41. The van der Waals surface area contributed by atoms with Gasteiger partial charge in [-0.25, -0.2) is 9.97 Å². The van der Waals surface area contributed by atoms with E-state index in [1.54, 1.807) is 6.07 Å². The molecule has 1 aromatic carbocycles. The van der Waals surface area contributed by atoms with Gasteiger partial charge in [-0.1, -0.05) is 41.9 Å². The molecule has 0 fully saturated rings. The van der Waals surface area contributed by atoms with Crippen LogP contribution in [0, 0.1) is 0 Å². The van der Waals surface area contributed by atoms with E-state index in [2.05, 4.69) is 21.8 Å². The summed E-state index contributed by atoms with van der Waals surface area (Å²) < 4.78 is 5.41. The fraction of sp³-hybridized carbons (Fsp3) is 0.375. The minimum atomic E-state index is 0.453. The summed E-state index contributed by atoms with van der Waals surface area (Å²) in [5.41, 5.74) is 0.960. The van der Waals surface area contributed by atoms with Gasteiger partial charge in [-0.2, -0.15) is 0 Å². The molecule has 5 heteroatoms. The quantitative estimate of drug-likeness (QED) is 0.578. The highest BCUT2D eigenvalue weighted by atomic mass is 35.5. The van der Waals surface area contributed by atoms with Crippen molar-refractivity contribution in [2.24, 2.45) is 0 Å². The van der Waals surface area contributed by atoms with Gasteiger partial charge >= 0.3 is 0 Å². The number of halogens is 1. The Bertz CT molecular complexity index is 563. The lowest BCUT2D eigenvalue weighted by Crippen LogP contribution is -2.28. The van der Waals surface area contributed by atoms with E-state index < -0.39 is 0 Å². The maximum Gasteiger partial charge on any atom is 0.163 e. The normalized spacial score (nSPS) is 10.6. The van der Waals surface area contributed by atoms with Crippen LogP contribution in [0.3, 0.4) is 0 Å². The maximum absolute atomic E-state index is 6.15. The van der Waals surface area contributed by atoms with Gasteiger partial charge in [0.15, 0.2) is 5.82 Å². The van der Waals surface area contributed by atoms with Gasteiger partial charge < -0.3 is 9.64 Å². The standard InChI is InChI=1S/C16H20ClN3O/c1-3-20(10-11-21-4-2)15-12-14(17)18-16(19-15)13-8-6-5-7-9-13/h5-9,12H,3-4,10-11H2,1-2H3. The predicted octanol–water partition coefficient (Wildman–Crippen LogP) is 3.66. The van der Waals surface area contributed by atoms with Gasteiger partial charge in [0, 0.05) is 31.3 Å². The van der Waals surface area contributed by atoms with Crippen molar-refractivity contribution in [1.82, 2.24) is 9.97 Å². The molecule has 0 spiro atoms. The number of aromatic nitrogens is 2. The van der Waals surface area contributed by atoms with Crippen molar-refractivity contribution >= 4 is 17.4 Å². The molecule has 0 bridgehead atoms. The van der Waals surface area contributed by atoms with E-state index in [1.807, 2.05) is 37.3 Å². The molecule has 0 amide bonds. The molecule has 0 aliphatic heterocycles. The van der Waals surface area contributed by atoms with Crippen LogP contribution in [0.4, 0.5) is 5.82 Å². The molecule has 0 aliphatic rings. The van der Waals surface area contributed by atoms with Crippen LogP contribution in [0.1, 0.15) is 13.8 Å². The zero-order valence-electron chi connectivity index (χ0n) is 12.4. The van der Waals surface area contributed by atoms with Gasteiger partial charge in [0.05, 0.1) is 6.61 Å². The highest BCUT2D eigenvalue weighted by Gasteiger charge is 2.10. The molecule has 0 radical (unpaired) electrons. The molecule has 112 valence electrons. The molecule has 0 saturated carbocycles. The molecule has 0 saturated heterocycles. The van der Waals surface area contributed by atoms with Crippen LogP contribution in [0.5, 0.6) is 0 Å². The van der Waals surface area contributed by atoms with Gasteiger partial charge in [-0.05, 0) is 13.8 Å². The van der Waals surface area contributed by atoms with Gasteiger partial charge in [0.2, 0.25) is 0 Å². The highest BCUT2D eigenvalue weighted by Crippen LogP contribution is 2.22. The monoisotopic (exact) mass is 305 g/mol. The first kappa shape index (κ1) is 15.7. The first-order valence-electron chi connectivity index (χ1n) is 7.17. The first-order chi connectivity index (χ1) is 10.2. The van der Waals surface area contributed by atoms with Crippen molar-refractivity contribution in [1.29, 1.82) is 0 Å². The van der Waals surface area contributed by atoms with E-state index in [9.17, 15) is 0 Å². The van der Waals surface area contributed by atoms with Crippen LogP contribution >= 0.6 is 11.6 Å². The lowest BCUT2D eigenvalue weighted by Gasteiger charge is -2.22. The van der Waals surface area contributed by atoms with Crippen molar-refractivity contribution in [3.05, 3.63) is 41.6 Å². The molecule has 0 N–H and O–H groups in total.